The lowest BCUT2D eigenvalue weighted by Crippen LogP contribution is -2.15. The molecule has 0 radical (unpaired) electrons. The van der Waals surface area contributed by atoms with E-state index in [1.165, 1.54) is 0 Å². The van der Waals surface area contributed by atoms with Crippen LogP contribution in [0.15, 0.2) is 24.5 Å². The van der Waals surface area contributed by atoms with E-state index in [1.54, 1.807) is 26.6 Å². The van der Waals surface area contributed by atoms with Crippen LogP contribution in [0, 0.1) is 6.92 Å². The summed E-state index contributed by atoms with van der Waals surface area (Å²) in [5.74, 6) is 1.61. The molecule has 28 heavy (non-hydrogen) atoms. The second kappa shape index (κ2) is 7.07. The highest BCUT2D eigenvalue weighted by atomic mass is 16.5. The molecule has 1 aliphatic rings. The first kappa shape index (κ1) is 18.2. The Balaban J connectivity index is 2.03. The lowest BCUT2D eigenvalue weighted by atomic mass is 9.94. The van der Waals surface area contributed by atoms with Crippen molar-refractivity contribution >= 4 is 5.97 Å². The van der Waals surface area contributed by atoms with Crippen LogP contribution >= 0.6 is 0 Å². The Hall–Kier alpha value is -3.22. The van der Waals surface area contributed by atoms with Crippen LogP contribution in [0.3, 0.4) is 0 Å². The maximum atomic E-state index is 13.0. The van der Waals surface area contributed by atoms with E-state index in [2.05, 4.69) is 14.5 Å². The predicted molar refractivity (Wildman–Crippen MR) is 105 cm³/mol. The van der Waals surface area contributed by atoms with Gasteiger partial charge in [-0.2, -0.15) is 0 Å². The number of rotatable bonds is 5. The molecule has 0 saturated heterocycles. The van der Waals surface area contributed by atoms with Crippen LogP contribution in [0.5, 0.6) is 11.5 Å². The zero-order valence-corrected chi connectivity index (χ0v) is 16.5. The molecule has 1 aliphatic heterocycles. The summed E-state index contributed by atoms with van der Waals surface area (Å²) >= 11 is 0. The molecule has 0 unspecified atom stereocenters. The summed E-state index contributed by atoms with van der Waals surface area (Å²) in [6, 6.07) is 3.93. The molecule has 7 heteroatoms. The van der Waals surface area contributed by atoms with Gasteiger partial charge in [0.25, 0.3) is 0 Å². The molecule has 1 N–H and O–H groups in total. The third-order valence-electron chi connectivity index (χ3n) is 5.21. The number of ether oxygens (including phenoxy) is 3. The first-order valence-corrected chi connectivity index (χ1v) is 9.25. The molecule has 4 rings (SSSR count). The van der Waals surface area contributed by atoms with Gasteiger partial charge in [-0.3, -0.25) is 0 Å². The number of nitrogens with one attached hydrogen (secondary N) is 1. The van der Waals surface area contributed by atoms with Gasteiger partial charge in [0.2, 0.25) is 0 Å². The summed E-state index contributed by atoms with van der Waals surface area (Å²) < 4.78 is 18.5. The Labute approximate surface area is 163 Å². The number of esters is 1. The van der Waals surface area contributed by atoms with Crippen LogP contribution in [0.2, 0.25) is 0 Å². The molecule has 3 aromatic rings. The largest absolute Gasteiger partial charge is 0.493 e. The number of hydrogen-bond donors (Lipinski definition) is 1. The topological polar surface area (TPSA) is 78.4 Å². The van der Waals surface area contributed by atoms with Crippen LogP contribution in [0.4, 0.5) is 0 Å². The molecule has 0 spiro atoms. The standard InChI is InChI=1S/C21H23N3O4/c1-5-28-21(25)18-17(20-22-7-8-23-20)12(2)24-9-6-13-10-15(26-3)16(27-4)11-14(13)19(18)24/h7-8,10-11H,5-6,9H2,1-4H3,(H,22,23). The molecule has 0 amide bonds. The molecule has 2 aromatic heterocycles. The van der Waals surface area contributed by atoms with E-state index in [0.717, 1.165) is 41.0 Å². The van der Waals surface area contributed by atoms with E-state index in [1.807, 2.05) is 26.0 Å². The molecule has 0 atom stereocenters. The highest BCUT2D eigenvalue weighted by molar-refractivity contribution is 6.04. The van der Waals surface area contributed by atoms with Crippen molar-refractivity contribution in [1.82, 2.24) is 14.5 Å². The van der Waals surface area contributed by atoms with Crippen molar-refractivity contribution < 1.29 is 19.0 Å². The number of hydrogen-bond acceptors (Lipinski definition) is 5. The Bertz CT molecular complexity index is 1030. The Morgan fingerprint density at radius 2 is 2.00 bits per heavy atom. The number of aryl methyl sites for hydroxylation is 1. The van der Waals surface area contributed by atoms with Gasteiger partial charge >= 0.3 is 5.97 Å². The van der Waals surface area contributed by atoms with E-state index < -0.39 is 0 Å². The minimum atomic E-state index is -0.353. The summed E-state index contributed by atoms with van der Waals surface area (Å²) in [7, 11) is 3.23. The predicted octanol–water partition coefficient (Wildman–Crippen LogP) is 3.60. The second-order valence-electron chi connectivity index (χ2n) is 6.61. The molecule has 146 valence electrons. The van der Waals surface area contributed by atoms with Crippen LogP contribution < -0.4 is 9.47 Å². The highest BCUT2D eigenvalue weighted by Crippen LogP contribution is 2.44. The van der Waals surface area contributed by atoms with Crippen LogP contribution in [-0.2, 0) is 17.7 Å². The molecule has 0 saturated carbocycles. The number of H-pyrrole nitrogens is 1. The lowest BCUT2D eigenvalue weighted by Gasteiger charge is -2.23. The number of aromatic nitrogens is 3. The van der Waals surface area contributed by atoms with Gasteiger partial charge in [-0.1, -0.05) is 0 Å². The first-order chi connectivity index (χ1) is 13.6. The number of methoxy groups -OCH3 is 2. The average molecular weight is 381 g/mol. The van der Waals surface area contributed by atoms with Crippen molar-refractivity contribution in [1.29, 1.82) is 0 Å². The van der Waals surface area contributed by atoms with E-state index >= 15 is 0 Å². The quantitative estimate of drug-likeness (QED) is 0.683. The van der Waals surface area contributed by atoms with E-state index in [9.17, 15) is 4.79 Å². The molecule has 0 fully saturated rings. The van der Waals surface area contributed by atoms with Gasteiger partial charge in [0.05, 0.1) is 37.6 Å². The van der Waals surface area contributed by atoms with Gasteiger partial charge < -0.3 is 23.8 Å². The Morgan fingerprint density at radius 1 is 1.25 bits per heavy atom. The molecule has 1 aromatic carbocycles. The third kappa shape index (κ3) is 2.66. The van der Waals surface area contributed by atoms with Crippen molar-refractivity contribution in [2.45, 2.75) is 26.8 Å². The number of benzene rings is 1. The molecule has 7 nitrogen and oxygen atoms in total. The number of carbonyl (C=O) groups is 1. The fraction of sp³-hybridized carbons (Fsp3) is 0.333. The van der Waals surface area contributed by atoms with Crippen LogP contribution in [-0.4, -0.2) is 41.3 Å². The number of fused-ring (bicyclic) bond motifs is 3. The van der Waals surface area contributed by atoms with Gasteiger partial charge in [0.15, 0.2) is 11.5 Å². The Morgan fingerprint density at radius 3 is 2.64 bits per heavy atom. The summed E-state index contributed by atoms with van der Waals surface area (Å²) in [5.41, 5.74) is 5.19. The van der Waals surface area contributed by atoms with Gasteiger partial charge in [0.1, 0.15) is 5.82 Å². The van der Waals surface area contributed by atoms with Crippen molar-refractivity contribution in [3.8, 4) is 34.1 Å². The number of aromatic amines is 1. The van der Waals surface area contributed by atoms with Gasteiger partial charge in [-0.05, 0) is 38.0 Å². The minimum Gasteiger partial charge on any atom is -0.493 e. The number of imidazole rings is 1. The maximum absolute atomic E-state index is 13.0. The Kier molecular flexibility index (Phi) is 4.58. The van der Waals surface area contributed by atoms with Crippen molar-refractivity contribution in [2.24, 2.45) is 0 Å². The van der Waals surface area contributed by atoms with E-state index in [0.29, 0.717) is 29.5 Å². The minimum absolute atomic E-state index is 0.304. The maximum Gasteiger partial charge on any atom is 0.341 e. The first-order valence-electron chi connectivity index (χ1n) is 9.25. The molecular weight excluding hydrogens is 358 g/mol. The van der Waals surface area contributed by atoms with Gasteiger partial charge in [0, 0.05) is 30.2 Å². The average Bonchev–Trinajstić information content (AvgIpc) is 3.33. The van der Waals surface area contributed by atoms with Crippen LogP contribution in [0.1, 0.15) is 28.5 Å². The highest BCUT2D eigenvalue weighted by Gasteiger charge is 2.33. The molecule has 0 aliphatic carbocycles. The molecule has 3 heterocycles. The lowest BCUT2D eigenvalue weighted by molar-refractivity contribution is 0.0528. The van der Waals surface area contributed by atoms with E-state index in [-0.39, 0.29) is 5.97 Å². The third-order valence-corrected chi connectivity index (χ3v) is 5.21. The number of carbonyl (C=O) groups excluding carboxylic acids is 1. The van der Waals surface area contributed by atoms with Crippen molar-refractivity contribution in [3.63, 3.8) is 0 Å². The van der Waals surface area contributed by atoms with E-state index in [4.69, 9.17) is 14.2 Å². The zero-order valence-electron chi connectivity index (χ0n) is 16.5. The zero-order chi connectivity index (χ0) is 19.8. The molecule has 0 bridgehead atoms. The second-order valence-corrected chi connectivity index (χ2v) is 6.61. The van der Waals surface area contributed by atoms with Crippen LogP contribution in [0.25, 0.3) is 22.6 Å². The summed E-state index contributed by atoms with van der Waals surface area (Å²) in [5, 5.41) is 0. The smallest absolute Gasteiger partial charge is 0.341 e. The summed E-state index contributed by atoms with van der Waals surface area (Å²) in [4.78, 5) is 20.5. The van der Waals surface area contributed by atoms with Crippen molar-refractivity contribution in [3.05, 3.63) is 41.3 Å². The molecular formula is C21H23N3O4. The van der Waals surface area contributed by atoms with Gasteiger partial charge in [-0.25, -0.2) is 9.78 Å². The summed E-state index contributed by atoms with van der Waals surface area (Å²) in [6.07, 6.45) is 4.27. The fourth-order valence-electron chi connectivity index (χ4n) is 3.97. The van der Waals surface area contributed by atoms with Crippen molar-refractivity contribution in [2.75, 3.05) is 20.8 Å². The SMILES string of the molecule is CCOC(=O)c1c(-c2ncc[nH]2)c(C)n2c1-c1cc(OC)c(OC)cc1CC2. The number of nitrogens with zero attached hydrogens (tertiary/aromatic N) is 2. The normalized spacial score (nSPS) is 12.3. The van der Waals surface area contributed by atoms with Gasteiger partial charge in [-0.15, -0.1) is 0 Å². The summed E-state index contributed by atoms with van der Waals surface area (Å²) in [6.45, 7) is 4.88. The monoisotopic (exact) mass is 381 g/mol. The fourth-order valence-corrected chi connectivity index (χ4v) is 3.97.